The zero-order valence-corrected chi connectivity index (χ0v) is 12.8. The third kappa shape index (κ3) is 3.58. The fraction of sp³-hybridized carbons (Fsp3) is 0.118. The van der Waals surface area contributed by atoms with Crippen molar-refractivity contribution in [3.8, 4) is 0 Å². The minimum Gasteiger partial charge on any atom is -1.00 e. The van der Waals surface area contributed by atoms with Crippen LogP contribution in [0.15, 0.2) is 79.1 Å². The van der Waals surface area contributed by atoms with Crippen LogP contribution in [0.4, 0.5) is 0 Å². The van der Waals surface area contributed by atoms with Gasteiger partial charge in [0.25, 0.3) is 0 Å². The molecule has 1 heterocycles. The molecule has 0 radical (unpaired) electrons. The molecule has 0 amide bonds. The minimum atomic E-state index is 0. The Morgan fingerprint density at radius 1 is 0.750 bits per heavy atom. The van der Waals surface area contributed by atoms with E-state index in [4.69, 9.17) is 0 Å². The highest BCUT2D eigenvalue weighted by atomic mass is 79.9. The first-order valence-corrected chi connectivity index (χ1v) is 6.54. The van der Waals surface area contributed by atoms with Gasteiger partial charge in [-0.25, -0.2) is 0 Å². The van der Waals surface area contributed by atoms with Gasteiger partial charge in [0.1, 0.15) is 6.54 Å². The summed E-state index contributed by atoms with van der Waals surface area (Å²) >= 11 is 0. The number of aromatic nitrogens is 2. The van der Waals surface area contributed by atoms with Gasteiger partial charge in [-0.1, -0.05) is 60.7 Å². The van der Waals surface area contributed by atoms with Gasteiger partial charge in [-0.3, -0.25) is 0 Å². The largest absolute Gasteiger partial charge is 1.00 e. The lowest BCUT2D eigenvalue weighted by Crippen LogP contribution is -3.00. The number of halogens is 1. The van der Waals surface area contributed by atoms with E-state index in [1.165, 1.54) is 11.1 Å². The van der Waals surface area contributed by atoms with Crippen LogP contribution < -0.4 is 21.7 Å². The minimum absolute atomic E-state index is 0. The van der Waals surface area contributed by atoms with Gasteiger partial charge in [0.05, 0.1) is 6.20 Å². The zero-order valence-electron chi connectivity index (χ0n) is 11.2. The first kappa shape index (κ1) is 14.5. The highest BCUT2D eigenvalue weighted by Crippen LogP contribution is 2.02. The summed E-state index contributed by atoms with van der Waals surface area (Å²) in [6, 6.07) is 23.2. The molecule has 0 aliphatic carbocycles. The zero-order chi connectivity index (χ0) is 12.9. The van der Waals surface area contributed by atoms with Gasteiger partial charge in [-0.2, -0.15) is 4.68 Å². The number of nitrogens with zero attached hydrogens (tertiary/aromatic N) is 2. The molecule has 0 saturated heterocycles. The van der Waals surface area contributed by atoms with Crippen LogP contribution in [0.2, 0.25) is 0 Å². The average Bonchev–Trinajstić information content (AvgIpc) is 2.88. The molecular weight excluding hydrogens is 312 g/mol. The van der Waals surface area contributed by atoms with Crippen molar-refractivity contribution in [3.63, 3.8) is 0 Å². The summed E-state index contributed by atoms with van der Waals surface area (Å²) in [7, 11) is 0. The first-order valence-electron chi connectivity index (χ1n) is 6.54. The Bertz CT molecular complexity index is 576. The van der Waals surface area contributed by atoms with Gasteiger partial charge in [0, 0.05) is 11.6 Å². The van der Waals surface area contributed by atoms with E-state index in [1.54, 1.807) is 0 Å². The molecule has 0 N–H and O–H groups in total. The van der Waals surface area contributed by atoms with Crippen LogP contribution in [0.5, 0.6) is 0 Å². The van der Waals surface area contributed by atoms with E-state index in [0.717, 1.165) is 13.1 Å². The summed E-state index contributed by atoms with van der Waals surface area (Å²) in [5, 5.41) is 0. The number of benzene rings is 2. The molecule has 2 nitrogen and oxygen atoms in total. The molecule has 20 heavy (non-hydrogen) atoms. The van der Waals surface area contributed by atoms with Gasteiger partial charge in [-0.05, 0) is 5.56 Å². The molecule has 1 aromatic heterocycles. The van der Waals surface area contributed by atoms with Gasteiger partial charge in [0.15, 0.2) is 12.7 Å². The van der Waals surface area contributed by atoms with E-state index in [0.29, 0.717) is 0 Å². The van der Waals surface area contributed by atoms with Crippen LogP contribution in [0, 0.1) is 0 Å². The maximum absolute atomic E-state index is 2.24. The van der Waals surface area contributed by atoms with Crippen molar-refractivity contribution in [2.75, 3.05) is 0 Å². The van der Waals surface area contributed by atoms with Crippen LogP contribution >= 0.6 is 0 Å². The van der Waals surface area contributed by atoms with Crippen molar-refractivity contribution in [1.29, 1.82) is 0 Å². The van der Waals surface area contributed by atoms with E-state index < -0.39 is 0 Å². The quantitative estimate of drug-likeness (QED) is 0.590. The highest BCUT2D eigenvalue weighted by molar-refractivity contribution is 5.15. The van der Waals surface area contributed by atoms with Crippen LogP contribution in [0.1, 0.15) is 11.1 Å². The smallest absolute Gasteiger partial charge is 0.197 e. The Morgan fingerprint density at radius 3 is 2.00 bits per heavy atom. The van der Waals surface area contributed by atoms with Crippen molar-refractivity contribution in [3.05, 3.63) is 90.3 Å². The lowest BCUT2D eigenvalue weighted by Gasteiger charge is -2.03. The third-order valence-corrected chi connectivity index (χ3v) is 3.22. The summed E-state index contributed by atoms with van der Waals surface area (Å²) in [4.78, 5) is 0. The summed E-state index contributed by atoms with van der Waals surface area (Å²) in [6.07, 6.45) is 4.24. The Hall–Kier alpha value is -1.87. The summed E-state index contributed by atoms with van der Waals surface area (Å²) in [6.45, 7) is 1.81. The lowest BCUT2D eigenvalue weighted by molar-refractivity contribution is -0.767. The lowest BCUT2D eigenvalue weighted by atomic mass is 10.2. The second-order valence-corrected chi connectivity index (χ2v) is 4.66. The molecular formula is C17H17BrN2. The molecule has 0 fully saturated rings. The van der Waals surface area contributed by atoms with Crippen LogP contribution in [0.25, 0.3) is 0 Å². The molecule has 3 heteroatoms. The van der Waals surface area contributed by atoms with Crippen molar-refractivity contribution in [2.24, 2.45) is 0 Å². The summed E-state index contributed by atoms with van der Waals surface area (Å²) < 4.78 is 4.48. The molecule has 0 atom stereocenters. The number of hydrogen-bond acceptors (Lipinski definition) is 0. The molecule has 0 unspecified atom stereocenters. The number of hydrogen-bond donors (Lipinski definition) is 0. The molecule has 2 aromatic carbocycles. The van der Waals surface area contributed by atoms with Crippen molar-refractivity contribution in [2.45, 2.75) is 13.1 Å². The van der Waals surface area contributed by atoms with Crippen molar-refractivity contribution < 1.29 is 21.7 Å². The molecule has 0 spiro atoms. The third-order valence-electron chi connectivity index (χ3n) is 3.22. The Balaban J connectivity index is 0.00000147. The Labute approximate surface area is 130 Å². The Kier molecular flexibility index (Phi) is 5.13. The van der Waals surface area contributed by atoms with Crippen LogP contribution in [0.3, 0.4) is 0 Å². The Morgan fingerprint density at radius 2 is 1.35 bits per heavy atom. The molecule has 0 aliphatic rings. The van der Waals surface area contributed by atoms with Gasteiger partial charge in [-0.15, -0.1) is 4.68 Å². The molecule has 0 bridgehead atoms. The normalized spacial score (nSPS) is 10.0. The second-order valence-electron chi connectivity index (χ2n) is 4.66. The maximum Gasteiger partial charge on any atom is 0.197 e. The van der Waals surface area contributed by atoms with E-state index in [2.05, 4.69) is 88.5 Å². The highest BCUT2D eigenvalue weighted by Gasteiger charge is 2.09. The fourth-order valence-corrected chi connectivity index (χ4v) is 2.24. The van der Waals surface area contributed by atoms with Crippen LogP contribution in [-0.4, -0.2) is 4.68 Å². The van der Waals surface area contributed by atoms with E-state index in [1.807, 2.05) is 0 Å². The monoisotopic (exact) mass is 328 g/mol. The fourth-order valence-electron chi connectivity index (χ4n) is 2.24. The average molecular weight is 329 g/mol. The van der Waals surface area contributed by atoms with Gasteiger partial charge in [0.2, 0.25) is 0 Å². The van der Waals surface area contributed by atoms with E-state index >= 15 is 0 Å². The number of rotatable bonds is 4. The molecule has 0 saturated carbocycles. The molecule has 0 aliphatic heterocycles. The first-order chi connectivity index (χ1) is 9.42. The summed E-state index contributed by atoms with van der Waals surface area (Å²) in [5.41, 5.74) is 2.64. The molecule has 3 rings (SSSR count). The predicted molar refractivity (Wildman–Crippen MR) is 75.7 cm³/mol. The van der Waals surface area contributed by atoms with Crippen LogP contribution in [-0.2, 0) is 13.1 Å². The second kappa shape index (κ2) is 7.06. The molecule has 3 aromatic rings. The predicted octanol–water partition coefficient (Wildman–Crippen LogP) is -0.124. The standard InChI is InChI=1S/C17H17N2.BrH/c1-3-8-16(9-4-1)14-18-12-7-13-19(18)15-17-10-5-2-6-11-17;/h1-13H,14-15H2;1H/q+1;/p-1. The van der Waals surface area contributed by atoms with Gasteiger partial charge >= 0.3 is 0 Å². The SMILES string of the molecule is [Br-].c1ccc(Cn2ccc[n+]2Cc2ccccc2)cc1. The van der Waals surface area contributed by atoms with Crippen molar-refractivity contribution in [1.82, 2.24) is 4.68 Å². The van der Waals surface area contributed by atoms with E-state index in [9.17, 15) is 0 Å². The summed E-state index contributed by atoms with van der Waals surface area (Å²) in [5.74, 6) is 0. The topological polar surface area (TPSA) is 8.81 Å². The maximum atomic E-state index is 2.24. The molecule has 102 valence electrons. The van der Waals surface area contributed by atoms with E-state index in [-0.39, 0.29) is 17.0 Å². The van der Waals surface area contributed by atoms with Crippen molar-refractivity contribution >= 4 is 0 Å². The van der Waals surface area contributed by atoms with Gasteiger partial charge < -0.3 is 17.0 Å².